The molecule has 0 saturated carbocycles. The summed E-state index contributed by atoms with van der Waals surface area (Å²) < 4.78 is 40.7. The van der Waals surface area contributed by atoms with Crippen molar-refractivity contribution in [1.82, 2.24) is 5.32 Å². The SMILES string of the molecule is COc1ccc(O)c(CNCCCCC(F)(F)F)c1. The molecule has 0 spiro atoms. The number of aromatic hydroxyl groups is 1. The molecule has 0 bridgehead atoms. The Morgan fingerprint density at radius 1 is 1.26 bits per heavy atom. The van der Waals surface area contributed by atoms with E-state index >= 15 is 0 Å². The smallest absolute Gasteiger partial charge is 0.389 e. The number of phenols is 1. The lowest BCUT2D eigenvalue weighted by Crippen LogP contribution is -2.16. The van der Waals surface area contributed by atoms with E-state index < -0.39 is 12.6 Å². The molecule has 0 aliphatic rings. The zero-order chi connectivity index (χ0) is 14.3. The van der Waals surface area contributed by atoms with Crippen LogP contribution in [0.3, 0.4) is 0 Å². The highest BCUT2D eigenvalue weighted by atomic mass is 19.4. The Morgan fingerprint density at radius 3 is 2.63 bits per heavy atom. The summed E-state index contributed by atoms with van der Waals surface area (Å²) in [6, 6.07) is 4.86. The summed E-state index contributed by atoms with van der Waals surface area (Å²) in [5, 5.41) is 12.6. The Hall–Kier alpha value is -1.43. The third-order valence-electron chi connectivity index (χ3n) is 2.67. The number of methoxy groups -OCH3 is 1. The number of phenolic OH excluding ortho intramolecular Hbond substituents is 1. The van der Waals surface area contributed by atoms with Gasteiger partial charge in [0.1, 0.15) is 11.5 Å². The second kappa shape index (κ2) is 7.23. The van der Waals surface area contributed by atoms with Gasteiger partial charge >= 0.3 is 6.18 Å². The van der Waals surface area contributed by atoms with Gasteiger partial charge in [-0.05, 0) is 37.6 Å². The molecular weight excluding hydrogens is 259 g/mol. The van der Waals surface area contributed by atoms with Gasteiger partial charge < -0.3 is 15.2 Å². The molecule has 3 nitrogen and oxygen atoms in total. The van der Waals surface area contributed by atoms with E-state index in [4.69, 9.17) is 4.74 Å². The fraction of sp³-hybridized carbons (Fsp3) is 0.538. The first kappa shape index (κ1) is 15.6. The molecule has 1 aromatic carbocycles. The predicted octanol–water partition coefficient (Wildman–Crippen LogP) is 3.22. The van der Waals surface area contributed by atoms with Crippen LogP contribution in [-0.2, 0) is 6.54 Å². The van der Waals surface area contributed by atoms with Crippen molar-refractivity contribution in [3.8, 4) is 11.5 Å². The fourth-order valence-electron chi connectivity index (χ4n) is 1.63. The molecule has 0 saturated heterocycles. The maximum Gasteiger partial charge on any atom is 0.389 e. The third kappa shape index (κ3) is 6.33. The van der Waals surface area contributed by atoms with Crippen LogP contribution in [0.15, 0.2) is 18.2 Å². The van der Waals surface area contributed by atoms with Crippen molar-refractivity contribution in [2.75, 3.05) is 13.7 Å². The number of nitrogens with one attached hydrogen (secondary N) is 1. The normalized spacial score (nSPS) is 11.6. The van der Waals surface area contributed by atoms with Crippen molar-refractivity contribution in [2.24, 2.45) is 0 Å². The Morgan fingerprint density at radius 2 is 2.00 bits per heavy atom. The summed E-state index contributed by atoms with van der Waals surface area (Å²) in [5.41, 5.74) is 0.662. The van der Waals surface area contributed by atoms with Gasteiger partial charge in [0.2, 0.25) is 0 Å². The summed E-state index contributed by atoms with van der Waals surface area (Å²) >= 11 is 0. The number of hydrogen-bond acceptors (Lipinski definition) is 3. The van der Waals surface area contributed by atoms with E-state index in [-0.39, 0.29) is 12.2 Å². The van der Waals surface area contributed by atoms with Crippen molar-refractivity contribution in [1.29, 1.82) is 0 Å². The second-order valence-electron chi connectivity index (χ2n) is 4.24. The van der Waals surface area contributed by atoms with Gasteiger partial charge in [0.25, 0.3) is 0 Å². The molecule has 0 amide bonds. The van der Waals surface area contributed by atoms with Crippen LogP contribution in [0.2, 0.25) is 0 Å². The van der Waals surface area contributed by atoms with Crippen molar-refractivity contribution in [3.63, 3.8) is 0 Å². The van der Waals surface area contributed by atoms with Crippen LogP contribution in [-0.4, -0.2) is 24.9 Å². The monoisotopic (exact) mass is 277 g/mol. The van der Waals surface area contributed by atoms with Gasteiger partial charge in [-0.2, -0.15) is 13.2 Å². The first-order valence-electron chi connectivity index (χ1n) is 6.06. The molecule has 0 aliphatic heterocycles. The lowest BCUT2D eigenvalue weighted by molar-refractivity contribution is -0.135. The topological polar surface area (TPSA) is 41.5 Å². The van der Waals surface area contributed by atoms with E-state index in [9.17, 15) is 18.3 Å². The van der Waals surface area contributed by atoms with Gasteiger partial charge in [-0.25, -0.2) is 0 Å². The zero-order valence-corrected chi connectivity index (χ0v) is 10.8. The molecule has 1 rings (SSSR count). The second-order valence-corrected chi connectivity index (χ2v) is 4.24. The molecule has 0 atom stereocenters. The van der Waals surface area contributed by atoms with Crippen molar-refractivity contribution in [3.05, 3.63) is 23.8 Å². The molecule has 108 valence electrons. The Kier molecular flexibility index (Phi) is 5.95. The van der Waals surface area contributed by atoms with E-state index in [2.05, 4.69) is 5.32 Å². The summed E-state index contributed by atoms with van der Waals surface area (Å²) in [6.45, 7) is 0.877. The van der Waals surface area contributed by atoms with E-state index in [1.165, 1.54) is 13.2 Å². The molecule has 0 radical (unpaired) electrons. The molecule has 0 aromatic heterocycles. The summed E-state index contributed by atoms with van der Waals surface area (Å²) in [6.07, 6.45) is -4.27. The Balaban J connectivity index is 2.26. The highest BCUT2D eigenvalue weighted by molar-refractivity contribution is 5.39. The number of alkyl halides is 3. The minimum absolute atomic E-state index is 0.112. The van der Waals surface area contributed by atoms with Gasteiger partial charge in [0.05, 0.1) is 7.11 Å². The zero-order valence-electron chi connectivity index (χ0n) is 10.8. The average Bonchev–Trinajstić information content (AvgIpc) is 2.34. The summed E-state index contributed by atoms with van der Waals surface area (Å²) in [7, 11) is 1.53. The predicted molar refractivity (Wildman–Crippen MR) is 66.3 cm³/mol. The van der Waals surface area contributed by atoms with Gasteiger partial charge in [-0.3, -0.25) is 0 Å². The van der Waals surface area contributed by atoms with Crippen molar-refractivity contribution in [2.45, 2.75) is 32.0 Å². The van der Waals surface area contributed by atoms with Crippen LogP contribution in [0.5, 0.6) is 11.5 Å². The Bertz CT molecular complexity index is 394. The first-order valence-corrected chi connectivity index (χ1v) is 6.06. The number of benzene rings is 1. The highest BCUT2D eigenvalue weighted by Gasteiger charge is 2.25. The van der Waals surface area contributed by atoms with Crippen molar-refractivity contribution < 1.29 is 23.0 Å². The van der Waals surface area contributed by atoms with E-state index in [0.717, 1.165) is 0 Å². The number of hydrogen-bond donors (Lipinski definition) is 2. The first-order chi connectivity index (χ1) is 8.92. The summed E-state index contributed by atoms with van der Waals surface area (Å²) in [4.78, 5) is 0. The summed E-state index contributed by atoms with van der Waals surface area (Å²) in [5.74, 6) is 0.773. The molecular formula is C13H18F3NO2. The lowest BCUT2D eigenvalue weighted by Gasteiger charge is -2.09. The quantitative estimate of drug-likeness (QED) is 0.752. The van der Waals surface area contributed by atoms with Crippen LogP contribution >= 0.6 is 0 Å². The van der Waals surface area contributed by atoms with Crippen LogP contribution in [0.4, 0.5) is 13.2 Å². The average molecular weight is 277 g/mol. The minimum Gasteiger partial charge on any atom is -0.508 e. The standard InChI is InChI=1S/C13H18F3NO2/c1-19-11-4-5-12(18)10(8-11)9-17-7-3-2-6-13(14,15)16/h4-5,8,17-18H,2-3,6-7,9H2,1H3. The number of halogens is 3. The fourth-order valence-corrected chi connectivity index (χ4v) is 1.63. The van der Waals surface area contributed by atoms with Crippen LogP contribution in [0.25, 0.3) is 0 Å². The van der Waals surface area contributed by atoms with E-state index in [1.54, 1.807) is 12.1 Å². The molecule has 2 N–H and O–H groups in total. The van der Waals surface area contributed by atoms with Crippen molar-refractivity contribution >= 4 is 0 Å². The van der Waals surface area contributed by atoms with Gasteiger partial charge in [0, 0.05) is 18.5 Å². The largest absolute Gasteiger partial charge is 0.508 e. The molecule has 0 unspecified atom stereocenters. The lowest BCUT2D eigenvalue weighted by atomic mass is 10.2. The number of ether oxygens (including phenoxy) is 1. The van der Waals surface area contributed by atoms with E-state index in [1.807, 2.05) is 0 Å². The molecule has 19 heavy (non-hydrogen) atoms. The van der Waals surface area contributed by atoms with Gasteiger partial charge in [-0.1, -0.05) is 0 Å². The maximum atomic E-state index is 11.9. The molecule has 0 fully saturated rings. The molecule has 0 heterocycles. The molecule has 6 heteroatoms. The van der Waals surface area contributed by atoms with Crippen LogP contribution in [0, 0.1) is 0 Å². The molecule has 1 aromatic rings. The number of rotatable bonds is 7. The van der Waals surface area contributed by atoms with E-state index in [0.29, 0.717) is 30.8 Å². The van der Waals surface area contributed by atoms with Gasteiger partial charge in [0.15, 0.2) is 0 Å². The highest BCUT2D eigenvalue weighted by Crippen LogP contribution is 2.23. The molecule has 0 aliphatic carbocycles. The van der Waals surface area contributed by atoms with Crippen LogP contribution < -0.4 is 10.1 Å². The maximum absolute atomic E-state index is 11.9. The van der Waals surface area contributed by atoms with Crippen LogP contribution in [0.1, 0.15) is 24.8 Å². The Labute approximate surface area is 110 Å². The van der Waals surface area contributed by atoms with Gasteiger partial charge in [-0.15, -0.1) is 0 Å². The minimum atomic E-state index is -4.08. The number of unbranched alkanes of at least 4 members (excludes halogenated alkanes) is 1. The third-order valence-corrected chi connectivity index (χ3v) is 2.67.